The van der Waals surface area contributed by atoms with Crippen molar-refractivity contribution in [3.05, 3.63) is 65.7 Å². The lowest BCUT2D eigenvalue weighted by Crippen LogP contribution is -2.45. The van der Waals surface area contributed by atoms with Gasteiger partial charge in [0.25, 0.3) is 0 Å². The number of hydrogen-bond acceptors (Lipinski definition) is 2. The first-order valence-electron chi connectivity index (χ1n) is 8.85. The van der Waals surface area contributed by atoms with E-state index in [0.29, 0.717) is 5.92 Å². The molecule has 2 heterocycles. The number of piperidine rings is 1. The molecule has 3 nitrogen and oxygen atoms in total. The van der Waals surface area contributed by atoms with Crippen molar-refractivity contribution < 1.29 is 4.79 Å². The van der Waals surface area contributed by atoms with Gasteiger partial charge in [-0.3, -0.25) is 14.6 Å². The normalized spacial score (nSPS) is 27.3. The fraction of sp³-hybridized carbons (Fsp3) is 0.381. The molecule has 0 unspecified atom stereocenters. The summed E-state index contributed by atoms with van der Waals surface area (Å²) in [6, 6.07) is 18.4. The molecule has 0 saturated carbocycles. The smallest absolute Gasteiger partial charge is 0.250 e. The summed E-state index contributed by atoms with van der Waals surface area (Å²) in [5.74, 6) is 0.866. The number of fused-ring (bicyclic) bond motifs is 1. The Morgan fingerprint density at radius 2 is 1.71 bits per heavy atom. The van der Waals surface area contributed by atoms with Gasteiger partial charge in [-0.2, -0.15) is 0 Å². The van der Waals surface area contributed by atoms with Crippen LogP contribution in [0.5, 0.6) is 0 Å². The molecular formula is C21H24N2O. The van der Waals surface area contributed by atoms with Crippen molar-refractivity contribution in [2.45, 2.75) is 38.9 Å². The fourth-order valence-corrected chi connectivity index (χ4v) is 4.08. The van der Waals surface area contributed by atoms with E-state index in [1.54, 1.807) is 0 Å². The zero-order valence-electron chi connectivity index (χ0n) is 14.4. The van der Waals surface area contributed by atoms with Crippen LogP contribution in [0.25, 0.3) is 0 Å². The molecule has 0 aliphatic carbocycles. The Hall–Kier alpha value is -2.13. The first kappa shape index (κ1) is 15.4. The van der Waals surface area contributed by atoms with Crippen molar-refractivity contribution in [1.82, 2.24) is 4.90 Å². The van der Waals surface area contributed by atoms with Crippen LogP contribution in [0.1, 0.15) is 36.9 Å². The van der Waals surface area contributed by atoms with Gasteiger partial charge in [-0.05, 0) is 43.4 Å². The number of anilines is 1. The second-order valence-electron chi connectivity index (χ2n) is 7.21. The van der Waals surface area contributed by atoms with Crippen molar-refractivity contribution in [3.63, 3.8) is 0 Å². The van der Waals surface area contributed by atoms with Crippen LogP contribution in [0.4, 0.5) is 5.69 Å². The summed E-state index contributed by atoms with van der Waals surface area (Å²) in [6.45, 7) is 5.36. The lowest BCUT2D eigenvalue weighted by molar-refractivity contribution is -0.119. The Morgan fingerprint density at radius 1 is 1.00 bits per heavy atom. The van der Waals surface area contributed by atoms with Crippen LogP contribution in [-0.2, 0) is 4.79 Å². The monoisotopic (exact) mass is 320 g/mol. The molecule has 0 spiro atoms. The summed E-state index contributed by atoms with van der Waals surface area (Å²) < 4.78 is 0. The van der Waals surface area contributed by atoms with Gasteiger partial charge in [-0.1, -0.05) is 55.0 Å². The number of hydrogen-bond donors (Lipinski definition) is 0. The third-order valence-corrected chi connectivity index (χ3v) is 5.40. The number of amides is 1. The van der Waals surface area contributed by atoms with Crippen molar-refractivity contribution in [3.8, 4) is 0 Å². The Labute approximate surface area is 143 Å². The van der Waals surface area contributed by atoms with Crippen LogP contribution in [-0.4, -0.2) is 23.5 Å². The van der Waals surface area contributed by atoms with Gasteiger partial charge in [0.2, 0.25) is 5.91 Å². The van der Waals surface area contributed by atoms with Crippen LogP contribution in [0, 0.1) is 12.8 Å². The van der Waals surface area contributed by atoms with Crippen molar-refractivity contribution in [2.75, 3.05) is 11.4 Å². The highest BCUT2D eigenvalue weighted by Gasteiger charge is 2.48. The fourth-order valence-electron chi connectivity index (χ4n) is 4.08. The molecule has 0 bridgehead atoms. The van der Waals surface area contributed by atoms with E-state index in [-0.39, 0.29) is 18.1 Å². The topological polar surface area (TPSA) is 23.6 Å². The molecule has 0 N–H and O–H groups in total. The molecule has 3 atom stereocenters. The summed E-state index contributed by atoms with van der Waals surface area (Å²) in [6.07, 6.45) is 2.38. The van der Waals surface area contributed by atoms with Crippen molar-refractivity contribution in [1.29, 1.82) is 0 Å². The largest absolute Gasteiger partial charge is 0.294 e. The molecule has 2 aliphatic rings. The second kappa shape index (κ2) is 6.06. The number of carbonyl (C=O) groups is 1. The van der Waals surface area contributed by atoms with E-state index in [0.717, 1.165) is 30.6 Å². The second-order valence-corrected chi connectivity index (χ2v) is 7.21. The lowest BCUT2D eigenvalue weighted by atomic mass is 9.95. The van der Waals surface area contributed by atoms with Crippen LogP contribution >= 0.6 is 0 Å². The molecule has 24 heavy (non-hydrogen) atoms. The maximum atomic E-state index is 13.3. The minimum Gasteiger partial charge on any atom is -0.294 e. The van der Waals surface area contributed by atoms with Gasteiger partial charge < -0.3 is 0 Å². The van der Waals surface area contributed by atoms with Gasteiger partial charge in [0.1, 0.15) is 6.04 Å². The first-order valence-corrected chi connectivity index (χ1v) is 8.85. The van der Waals surface area contributed by atoms with Crippen LogP contribution in [0.3, 0.4) is 0 Å². The molecule has 0 radical (unpaired) electrons. The van der Waals surface area contributed by atoms with Gasteiger partial charge in [-0.25, -0.2) is 0 Å². The van der Waals surface area contributed by atoms with Crippen molar-refractivity contribution in [2.24, 2.45) is 5.92 Å². The first-order chi connectivity index (χ1) is 11.6. The molecule has 3 heteroatoms. The van der Waals surface area contributed by atoms with Gasteiger partial charge >= 0.3 is 0 Å². The minimum atomic E-state index is -0.148. The molecule has 4 rings (SSSR count). The number of aryl methyl sites for hydroxylation is 1. The molecule has 2 fully saturated rings. The molecule has 1 amide bonds. The van der Waals surface area contributed by atoms with E-state index in [1.165, 1.54) is 5.56 Å². The zero-order chi connectivity index (χ0) is 16.7. The molecular weight excluding hydrogens is 296 g/mol. The highest BCUT2D eigenvalue weighted by Crippen LogP contribution is 2.42. The van der Waals surface area contributed by atoms with Gasteiger partial charge in [0.15, 0.2) is 0 Å². The quantitative estimate of drug-likeness (QED) is 0.830. The average molecular weight is 320 g/mol. The number of benzene rings is 2. The Bertz CT molecular complexity index is 725. The third kappa shape index (κ3) is 2.53. The van der Waals surface area contributed by atoms with Gasteiger partial charge in [0, 0.05) is 12.2 Å². The number of carbonyl (C=O) groups excluding carboxylic acids is 1. The number of nitrogens with zero attached hydrogens (tertiary/aromatic N) is 2. The molecule has 2 aliphatic heterocycles. The van der Waals surface area contributed by atoms with Gasteiger partial charge in [-0.15, -0.1) is 0 Å². The van der Waals surface area contributed by atoms with Crippen molar-refractivity contribution >= 4 is 11.6 Å². The standard InChI is InChI=1S/C21H24N2O/c1-15-8-10-18(11-9-15)23-19-14-16(2)12-13-22(19)20(21(23)24)17-6-4-3-5-7-17/h3-11,16,19-20H,12-14H2,1-2H3/t16-,19-,20+/m0/s1. The van der Waals surface area contributed by atoms with E-state index in [4.69, 9.17) is 0 Å². The SMILES string of the molecule is Cc1ccc(N2C(=O)[C@@H](c3ccccc3)N3CC[C@H](C)C[C@H]23)cc1. The highest BCUT2D eigenvalue weighted by molar-refractivity contribution is 6.00. The summed E-state index contributed by atoms with van der Waals surface area (Å²) in [7, 11) is 0. The third-order valence-electron chi connectivity index (χ3n) is 5.40. The maximum Gasteiger partial charge on any atom is 0.250 e. The molecule has 2 aromatic rings. The summed E-state index contributed by atoms with van der Waals surface area (Å²) in [5.41, 5.74) is 3.35. The molecule has 0 aromatic heterocycles. The van der Waals surface area contributed by atoms with E-state index >= 15 is 0 Å². The number of rotatable bonds is 2. The van der Waals surface area contributed by atoms with Gasteiger partial charge in [0.05, 0.1) is 6.17 Å². The Kier molecular flexibility index (Phi) is 3.89. The zero-order valence-corrected chi connectivity index (χ0v) is 14.4. The predicted molar refractivity (Wildman–Crippen MR) is 96.7 cm³/mol. The molecule has 124 valence electrons. The van der Waals surface area contributed by atoms with Crippen LogP contribution < -0.4 is 4.90 Å². The van der Waals surface area contributed by atoms with Crippen LogP contribution in [0.2, 0.25) is 0 Å². The molecule has 2 aromatic carbocycles. The summed E-state index contributed by atoms with van der Waals surface area (Å²) in [5, 5.41) is 0. The maximum absolute atomic E-state index is 13.3. The van der Waals surface area contributed by atoms with E-state index < -0.39 is 0 Å². The Morgan fingerprint density at radius 3 is 2.42 bits per heavy atom. The van der Waals surface area contributed by atoms with E-state index in [1.807, 2.05) is 23.1 Å². The Balaban J connectivity index is 1.76. The van der Waals surface area contributed by atoms with E-state index in [9.17, 15) is 4.79 Å². The predicted octanol–water partition coefficient (Wildman–Crippen LogP) is 4.14. The summed E-state index contributed by atoms with van der Waals surface area (Å²) >= 11 is 0. The average Bonchev–Trinajstić information content (AvgIpc) is 2.88. The minimum absolute atomic E-state index is 0.148. The lowest BCUT2D eigenvalue weighted by Gasteiger charge is -2.38. The molecule has 2 saturated heterocycles. The van der Waals surface area contributed by atoms with Crippen LogP contribution in [0.15, 0.2) is 54.6 Å². The highest BCUT2D eigenvalue weighted by atomic mass is 16.2. The van der Waals surface area contributed by atoms with E-state index in [2.05, 4.69) is 55.1 Å². The summed E-state index contributed by atoms with van der Waals surface area (Å²) in [4.78, 5) is 17.8.